The third kappa shape index (κ3) is 3.56. The fourth-order valence-electron chi connectivity index (χ4n) is 6.89. The van der Waals surface area contributed by atoms with Crippen LogP contribution >= 0.6 is 0 Å². The summed E-state index contributed by atoms with van der Waals surface area (Å²) in [7, 11) is 0. The van der Waals surface area contributed by atoms with Gasteiger partial charge in [0.05, 0.1) is 0 Å². The summed E-state index contributed by atoms with van der Waals surface area (Å²) in [6, 6.07) is 58.0. The van der Waals surface area contributed by atoms with Gasteiger partial charge in [-0.25, -0.2) is 0 Å². The Morgan fingerprint density at radius 3 is 1.31 bits per heavy atom. The largest absolute Gasteiger partial charge is 0.0622 e. The van der Waals surface area contributed by atoms with E-state index >= 15 is 0 Å². The fraction of sp³-hybridized carbons (Fsp3) is 0. The zero-order chi connectivity index (χ0) is 27.6. The smallest absolute Gasteiger partial charge is 0.00201 e. The van der Waals surface area contributed by atoms with Crippen molar-refractivity contribution in [3.63, 3.8) is 0 Å². The molecule has 0 amide bonds. The van der Waals surface area contributed by atoms with Crippen molar-refractivity contribution in [1.82, 2.24) is 0 Å². The minimum Gasteiger partial charge on any atom is -0.0622 e. The van der Waals surface area contributed by atoms with Crippen LogP contribution in [-0.4, -0.2) is 0 Å². The van der Waals surface area contributed by atoms with Crippen LogP contribution in [-0.2, 0) is 0 Å². The fourth-order valence-corrected chi connectivity index (χ4v) is 6.89. The van der Waals surface area contributed by atoms with Crippen LogP contribution in [0.4, 0.5) is 0 Å². The molecule has 0 atom stereocenters. The minimum atomic E-state index is 1.24. The first-order valence-corrected chi connectivity index (χ1v) is 14.6. The highest BCUT2D eigenvalue weighted by molar-refractivity contribution is 6.18. The lowest BCUT2D eigenvalue weighted by Crippen LogP contribution is -1.85. The van der Waals surface area contributed by atoms with Crippen LogP contribution in [0, 0.1) is 0 Å². The van der Waals surface area contributed by atoms with Crippen molar-refractivity contribution in [3.05, 3.63) is 158 Å². The molecule has 0 saturated carbocycles. The van der Waals surface area contributed by atoms with Gasteiger partial charge < -0.3 is 0 Å². The van der Waals surface area contributed by atoms with E-state index < -0.39 is 0 Å². The van der Waals surface area contributed by atoms with E-state index in [4.69, 9.17) is 0 Å². The monoisotopic (exact) mass is 530 g/mol. The van der Waals surface area contributed by atoms with Gasteiger partial charge in [0.25, 0.3) is 0 Å². The van der Waals surface area contributed by atoms with Crippen molar-refractivity contribution in [1.29, 1.82) is 0 Å². The Labute approximate surface area is 245 Å². The molecule has 0 aromatic heterocycles. The van der Waals surface area contributed by atoms with E-state index in [1.165, 1.54) is 88.0 Å². The van der Waals surface area contributed by atoms with E-state index in [0.29, 0.717) is 0 Å². The second kappa shape index (κ2) is 9.03. The Hall–Kier alpha value is -5.46. The van der Waals surface area contributed by atoms with Crippen molar-refractivity contribution in [3.8, 4) is 55.6 Å². The van der Waals surface area contributed by atoms with Crippen molar-refractivity contribution in [2.45, 2.75) is 0 Å². The van der Waals surface area contributed by atoms with E-state index in [2.05, 4.69) is 158 Å². The van der Waals surface area contributed by atoms with E-state index in [0.717, 1.165) is 0 Å². The van der Waals surface area contributed by atoms with Gasteiger partial charge in [0, 0.05) is 0 Å². The first kappa shape index (κ1) is 23.3. The number of fused-ring (bicyclic) bond motifs is 5. The van der Waals surface area contributed by atoms with Crippen LogP contribution in [0.15, 0.2) is 158 Å². The van der Waals surface area contributed by atoms with Crippen LogP contribution in [0.2, 0.25) is 0 Å². The van der Waals surface area contributed by atoms with E-state index in [9.17, 15) is 0 Å². The van der Waals surface area contributed by atoms with Gasteiger partial charge in [0.15, 0.2) is 0 Å². The quantitative estimate of drug-likeness (QED) is 0.213. The van der Waals surface area contributed by atoms with Crippen molar-refractivity contribution >= 4 is 32.3 Å². The summed E-state index contributed by atoms with van der Waals surface area (Å²) < 4.78 is 0. The molecule has 0 bridgehead atoms. The second-order valence-corrected chi connectivity index (χ2v) is 11.4. The molecule has 1 aliphatic carbocycles. The van der Waals surface area contributed by atoms with Crippen molar-refractivity contribution < 1.29 is 0 Å². The lowest BCUT2D eigenvalue weighted by Gasteiger charge is -2.12. The third-order valence-corrected chi connectivity index (χ3v) is 8.98. The van der Waals surface area contributed by atoms with E-state index in [1.807, 2.05) is 0 Å². The maximum atomic E-state index is 2.34. The first-order valence-electron chi connectivity index (χ1n) is 14.6. The third-order valence-electron chi connectivity index (χ3n) is 8.98. The standard InChI is InChI=1S/C42H26/c1-2-7-27(8-3-1)28-13-14-30-24-31(16-15-29(30)23-28)32-17-18-34-26-35(20-19-33(34)25-32)36-21-22-41-38-10-5-4-9-37(38)40-12-6-11-39(36)42(40)41/h1-26H. The zero-order valence-corrected chi connectivity index (χ0v) is 23.0. The van der Waals surface area contributed by atoms with Gasteiger partial charge in [0.2, 0.25) is 0 Å². The molecule has 0 fully saturated rings. The molecule has 0 heteroatoms. The average Bonchev–Trinajstić information content (AvgIpc) is 3.39. The highest BCUT2D eigenvalue weighted by atomic mass is 14.2. The molecule has 0 unspecified atom stereocenters. The Balaban J connectivity index is 1.09. The van der Waals surface area contributed by atoms with E-state index in [-0.39, 0.29) is 0 Å². The lowest BCUT2D eigenvalue weighted by atomic mass is 9.92. The summed E-state index contributed by atoms with van der Waals surface area (Å²) in [6.45, 7) is 0. The van der Waals surface area contributed by atoms with Gasteiger partial charge in [-0.3, -0.25) is 0 Å². The molecule has 42 heavy (non-hydrogen) atoms. The predicted octanol–water partition coefficient (Wildman–Crippen LogP) is 11.8. The minimum absolute atomic E-state index is 1.24. The summed E-state index contributed by atoms with van der Waals surface area (Å²) in [4.78, 5) is 0. The first-order chi connectivity index (χ1) is 20.8. The molecule has 0 heterocycles. The number of benzene rings is 8. The molecule has 8 aromatic carbocycles. The maximum Gasteiger partial charge on any atom is -0.00201 e. The topological polar surface area (TPSA) is 0 Å². The van der Waals surface area contributed by atoms with Crippen LogP contribution in [0.25, 0.3) is 88.0 Å². The van der Waals surface area contributed by atoms with Crippen LogP contribution in [0.3, 0.4) is 0 Å². The molecule has 0 N–H and O–H groups in total. The lowest BCUT2D eigenvalue weighted by molar-refractivity contribution is 1.63. The highest BCUT2D eigenvalue weighted by Crippen LogP contribution is 2.49. The van der Waals surface area contributed by atoms with Crippen LogP contribution in [0.5, 0.6) is 0 Å². The zero-order valence-electron chi connectivity index (χ0n) is 23.0. The van der Waals surface area contributed by atoms with Crippen molar-refractivity contribution in [2.75, 3.05) is 0 Å². The maximum absolute atomic E-state index is 2.34. The SMILES string of the molecule is c1ccc(-c2ccc3cc(-c4ccc5cc(-c6ccc7c8c(cccc68)-c6ccccc6-7)ccc5c4)ccc3c2)cc1. The Bertz CT molecular complexity index is 2310. The van der Waals surface area contributed by atoms with Gasteiger partial charge in [0.1, 0.15) is 0 Å². The predicted molar refractivity (Wildman–Crippen MR) is 180 cm³/mol. The van der Waals surface area contributed by atoms with Gasteiger partial charge in [-0.05, 0) is 112 Å². The molecule has 194 valence electrons. The average molecular weight is 531 g/mol. The van der Waals surface area contributed by atoms with E-state index in [1.54, 1.807) is 0 Å². The van der Waals surface area contributed by atoms with Gasteiger partial charge >= 0.3 is 0 Å². The van der Waals surface area contributed by atoms with Gasteiger partial charge in [-0.15, -0.1) is 0 Å². The highest BCUT2D eigenvalue weighted by Gasteiger charge is 2.22. The van der Waals surface area contributed by atoms with Crippen molar-refractivity contribution in [2.24, 2.45) is 0 Å². The van der Waals surface area contributed by atoms with Crippen LogP contribution < -0.4 is 0 Å². The Kier molecular flexibility index (Phi) is 5.00. The normalized spacial score (nSPS) is 11.8. The molecular weight excluding hydrogens is 504 g/mol. The Morgan fingerprint density at radius 1 is 0.238 bits per heavy atom. The summed E-state index contributed by atoms with van der Waals surface area (Å²) in [5.74, 6) is 0. The van der Waals surface area contributed by atoms with Gasteiger partial charge in [-0.2, -0.15) is 0 Å². The van der Waals surface area contributed by atoms with Crippen LogP contribution in [0.1, 0.15) is 0 Å². The molecule has 1 aliphatic rings. The molecule has 0 spiro atoms. The molecule has 9 rings (SSSR count). The summed E-state index contributed by atoms with van der Waals surface area (Å²) in [6.07, 6.45) is 0. The molecule has 0 nitrogen and oxygen atoms in total. The summed E-state index contributed by atoms with van der Waals surface area (Å²) in [5, 5.41) is 7.74. The molecule has 0 aliphatic heterocycles. The summed E-state index contributed by atoms with van der Waals surface area (Å²) in [5.41, 5.74) is 12.9. The van der Waals surface area contributed by atoms with Gasteiger partial charge in [-0.1, -0.05) is 133 Å². The molecule has 0 saturated heterocycles. The molecule has 0 radical (unpaired) electrons. The molecule has 8 aromatic rings. The number of hydrogen-bond donors (Lipinski definition) is 0. The Morgan fingerprint density at radius 2 is 0.690 bits per heavy atom. The molecular formula is C42H26. The summed E-state index contributed by atoms with van der Waals surface area (Å²) >= 11 is 0. The number of rotatable bonds is 3. The number of hydrogen-bond acceptors (Lipinski definition) is 0. The second-order valence-electron chi connectivity index (χ2n) is 11.4.